The van der Waals surface area contributed by atoms with Crippen molar-refractivity contribution in [2.75, 3.05) is 7.11 Å². The molecule has 0 radical (unpaired) electrons. The molecule has 0 saturated heterocycles. The topological polar surface area (TPSA) is 83.2 Å². The van der Waals surface area contributed by atoms with Crippen LogP contribution in [0.3, 0.4) is 0 Å². The number of aromatic amines is 1. The molecule has 2 rings (SSSR count). The van der Waals surface area contributed by atoms with Crippen molar-refractivity contribution < 1.29 is 14.3 Å². The number of hydrazine groups is 1. The molecule has 0 unspecified atom stereocenters. The van der Waals surface area contributed by atoms with E-state index in [0.29, 0.717) is 11.4 Å². The summed E-state index contributed by atoms with van der Waals surface area (Å²) in [5.74, 6) is -0.0533. The molecule has 3 N–H and O–H groups in total. The largest absolute Gasteiger partial charge is 0.497 e. The van der Waals surface area contributed by atoms with Crippen LogP contribution >= 0.6 is 15.9 Å². The predicted octanol–water partition coefficient (Wildman–Crippen LogP) is 1.79. The number of hydrogen-bond acceptors (Lipinski definition) is 3. The van der Waals surface area contributed by atoms with E-state index in [4.69, 9.17) is 4.74 Å². The number of nitrogens with one attached hydrogen (secondary N) is 3. The van der Waals surface area contributed by atoms with Crippen LogP contribution in [0.5, 0.6) is 5.75 Å². The van der Waals surface area contributed by atoms with Gasteiger partial charge in [0.25, 0.3) is 5.91 Å². The molecule has 7 heteroatoms. The van der Waals surface area contributed by atoms with Gasteiger partial charge < -0.3 is 9.72 Å². The van der Waals surface area contributed by atoms with Crippen LogP contribution in [0.4, 0.5) is 0 Å². The summed E-state index contributed by atoms with van der Waals surface area (Å²) in [7, 11) is 1.56. The zero-order valence-corrected chi connectivity index (χ0v) is 12.9. The van der Waals surface area contributed by atoms with Crippen LogP contribution in [0.15, 0.2) is 41.0 Å². The fourth-order valence-corrected chi connectivity index (χ4v) is 2.05. The van der Waals surface area contributed by atoms with Gasteiger partial charge in [-0.25, -0.2) is 0 Å². The first kappa shape index (κ1) is 15.1. The van der Waals surface area contributed by atoms with E-state index in [9.17, 15) is 9.59 Å². The third-order valence-corrected chi connectivity index (χ3v) is 3.16. The summed E-state index contributed by atoms with van der Waals surface area (Å²) in [6, 6.07) is 8.79. The first-order valence-electron chi connectivity index (χ1n) is 6.14. The number of ether oxygens (including phenoxy) is 1. The zero-order valence-electron chi connectivity index (χ0n) is 11.3. The molecule has 1 heterocycles. The lowest BCUT2D eigenvalue weighted by Crippen LogP contribution is -2.42. The molecule has 0 atom stereocenters. The lowest BCUT2D eigenvalue weighted by atomic mass is 10.1. The Labute approximate surface area is 130 Å². The van der Waals surface area contributed by atoms with Crippen molar-refractivity contribution in [3.05, 3.63) is 52.3 Å². The van der Waals surface area contributed by atoms with Crippen LogP contribution in [-0.2, 0) is 11.2 Å². The molecule has 2 amide bonds. The number of carbonyl (C=O) groups excluding carboxylic acids is 2. The third-order valence-electron chi connectivity index (χ3n) is 2.71. The SMILES string of the molecule is COc1cccc(CC(=O)NNC(=O)c2cc(Br)c[nH]2)c1. The fourth-order valence-electron chi connectivity index (χ4n) is 1.70. The summed E-state index contributed by atoms with van der Waals surface area (Å²) >= 11 is 3.23. The Bertz CT molecular complexity index is 654. The number of hydrogen-bond donors (Lipinski definition) is 3. The van der Waals surface area contributed by atoms with Crippen molar-refractivity contribution in [2.24, 2.45) is 0 Å². The third kappa shape index (κ3) is 4.35. The predicted molar refractivity (Wildman–Crippen MR) is 80.8 cm³/mol. The first-order valence-corrected chi connectivity index (χ1v) is 6.94. The smallest absolute Gasteiger partial charge is 0.286 e. The highest BCUT2D eigenvalue weighted by Crippen LogP contribution is 2.13. The quantitative estimate of drug-likeness (QED) is 0.734. The Morgan fingerprint density at radius 1 is 1.29 bits per heavy atom. The maximum atomic E-state index is 11.8. The number of halogens is 1. The number of benzene rings is 1. The Morgan fingerprint density at radius 3 is 2.76 bits per heavy atom. The van der Waals surface area contributed by atoms with Crippen molar-refractivity contribution in [2.45, 2.75) is 6.42 Å². The molecule has 2 aromatic rings. The molecule has 0 fully saturated rings. The van der Waals surface area contributed by atoms with Gasteiger partial charge in [-0.1, -0.05) is 12.1 Å². The molecule has 0 aliphatic heterocycles. The first-order chi connectivity index (χ1) is 10.1. The summed E-state index contributed by atoms with van der Waals surface area (Å²) < 4.78 is 5.84. The van der Waals surface area contributed by atoms with E-state index in [1.54, 1.807) is 37.6 Å². The second-order valence-corrected chi connectivity index (χ2v) is 5.18. The summed E-state index contributed by atoms with van der Waals surface area (Å²) in [4.78, 5) is 26.3. The van der Waals surface area contributed by atoms with E-state index < -0.39 is 5.91 Å². The van der Waals surface area contributed by atoms with Crippen LogP contribution < -0.4 is 15.6 Å². The Balaban J connectivity index is 1.85. The van der Waals surface area contributed by atoms with Crippen LogP contribution in [-0.4, -0.2) is 23.9 Å². The van der Waals surface area contributed by atoms with Gasteiger partial charge in [0.2, 0.25) is 5.91 Å². The molecule has 0 spiro atoms. The molecule has 0 aliphatic rings. The number of carbonyl (C=O) groups is 2. The van der Waals surface area contributed by atoms with E-state index in [2.05, 4.69) is 31.8 Å². The lowest BCUT2D eigenvalue weighted by molar-refractivity contribution is -0.121. The number of amides is 2. The summed E-state index contributed by atoms with van der Waals surface area (Å²) in [6.07, 6.45) is 1.78. The standard InChI is InChI=1S/C14H14BrN3O3/c1-21-11-4-2-3-9(5-11)6-13(19)17-18-14(20)12-7-10(15)8-16-12/h2-5,7-8,16H,6H2,1H3,(H,17,19)(H,18,20). The molecule has 1 aromatic carbocycles. The second kappa shape index (κ2) is 6.94. The van der Waals surface area contributed by atoms with Gasteiger partial charge >= 0.3 is 0 Å². The molecule has 21 heavy (non-hydrogen) atoms. The highest BCUT2D eigenvalue weighted by atomic mass is 79.9. The average molecular weight is 352 g/mol. The summed E-state index contributed by atoms with van der Waals surface area (Å²) in [5, 5.41) is 0. The normalized spacial score (nSPS) is 10.0. The maximum Gasteiger partial charge on any atom is 0.286 e. The van der Waals surface area contributed by atoms with Crippen molar-refractivity contribution in [3.63, 3.8) is 0 Å². The highest BCUT2D eigenvalue weighted by Gasteiger charge is 2.09. The van der Waals surface area contributed by atoms with Gasteiger partial charge in [-0.05, 0) is 39.7 Å². The number of aromatic nitrogens is 1. The van der Waals surface area contributed by atoms with Gasteiger partial charge in [0, 0.05) is 10.7 Å². The van der Waals surface area contributed by atoms with Crippen molar-refractivity contribution in [1.82, 2.24) is 15.8 Å². The minimum Gasteiger partial charge on any atom is -0.497 e. The average Bonchev–Trinajstić information content (AvgIpc) is 2.91. The van der Waals surface area contributed by atoms with Crippen LogP contribution in [0.2, 0.25) is 0 Å². The van der Waals surface area contributed by atoms with Gasteiger partial charge in [-0.3, -0.25) is 20.4 Å². The Hall–Kier alpha value is -2.28. The van der Waals surface area contributed by atoms with Gasteiger partial charge in [0.1, 0.15) is 11.4 Å². The van der Waals surface area contributed by atoms with Crippen molar-refractivity contribution in [3.8, 4) is 5.75 Å². The van der Waals surface area contributed by atoms with Gasteiger partial charge in [-0.2, -0.15) is 0 Å². The van der Waals surface area contributed by atoms with E-state index >= 15 is 0 Å². The summed E-state index contributed by atoms with van der Waals surface area (Å²) in [5.41, 5.74) is 5.85. The number of H-pyrrole nitrogens is 1. The van der Waals surface area contributed by atoms with Crippen molar-refractivity contribution >= 4 is 27.7 Å². The number of methoxy groups -OCH3 is 1. The van der Waals surface area contributed by atoms with E-state index in [1.165, 1.54) is 0 Å². The molecule has 1 aromatic heterocycles. The van der Waals surface area contributed by atoms with Crippen LogP contribution in [0, 0.1) is 0 Å². The van der Waals surface area contributed by atoms with Gasteiger partial charge in [-0.15, -0.1) is 0 Å². The second-order valence-electron chi connectivity index (χ2n) is 4.26. The fraction of sp³-hybridized carbons (Fsp3) is 0.143. The molecule has 6 nitrogen and oxygen atoms in total. The monoisotopic (exact) mass is 351 g/mol. The maximum absolute atomic E-state index is 11.8. The molecule has 110 valence electrons. The molecule has 0 aliphatic carbocycles. The van der Waals surface area contributed by atoms with Crippen LogP contribution in [0.25, 0.3) is 0 Å². The van der Waals surface area contributed by atoms with E-state index in [0.717, 1.165) is 10.0 Å². The lowest BCUT2D eigenvalue weighted by Gasteiger charge is -2.07. The summed E-state index contributed by atoms with van der Waals surface area (Å²) in [6.45, 7) is 0. The Morgan fingerprint density at radius 2 is 2.10 bits per heavy atom. The zero-order chi connectivity index (χ0) is 15.2. The highest BCUT2D eigenvalue weighted by molar-refractivity contribution is 9.10. The molecular formula is C14H14BrN3O3. The molecule has 0 saturated carbocycles. The molecule has 0 bridgehead atoms. The van der Waals surface area contributed by atoms with Gasteiger partial charge in [0.05, 0.1) is 13.5 Å². The van der Waals surface area contributed by atoms with E-state index in [1.807, 2.05) is 6.07 Å². The van der Waals surface area contributed by atoms with Gasteiger partial charge in [0.15, 0.2) is 0 Å². The molecular weight excluding hydrogens is 338 g/mol. The van der Waals surface area contributed by atoms with Crippen molar-refractivity contribution in [1.29, 1.82) is 0 Å². The minimum absolute atomic E-state index is 0.145. The number of rotatable bonds is 4. The minimum atomic E-state index is -0.417. The van der Waals surface area contributed by atoms with Crippen LogP contribution in [0.1, 0.15) is 16.1 Å². The Kier molecular flexibility index (Phi) is 4.99. The van der Waals surface area contributed by atoms with E-state index in [-0.39, 0.29) is 12.3 Å².